The quantitative estimate of drug-likeness (QED) is 0.773. The SMILES string of the molecule is CCC1CCCC(C(C)C(C)C(=O)O)C1. The van der Waals surface area contributed by atoms with Crippen LogP contribution in [-0.2, 0) is 4.79 Å². The molecule has 4 atom stereocenters. The third-order valence-electron chi connectivity index (χ3n) is 4.32. The van der Waals surface area contributed by atoms with Gasteiger partial charge >= 0.3 is 5.97 Å². The average molecular weight is 212 g/mol. The molecule has 0 aromatic carbocycles. The number of carbonyl (C=O) groups is 1. The van der Waals surface area contributed by atoms with Gasteiger partial charge in [-0.3, -0.25) is 4.79 Å². The van der Waals surface area contributed by atoms with Gasteiger partial charge in [0.15, 0.2) is 0 Å². The topological polar surface area (TPSA) is 37.3 Å². The highest BCUT2D eigenvalue weighted by Gasteiger charge is 2.30. The molecule has 1 rings (SSSR count). The van der Waals surface area contributed by atoms with E-state index < -0.39 is 5.97 Å². The molecule has 1 aliphatic rings. The summed E-state index contributed by atoms with van der Waals surface area (Å²) in [6.07, 6.45) is 6.37. The molecular weight excluding hydrogens is 188 g/mol. The second-order valence-electron chi connectivity index (χ2n) is 5.19. The van der Waals surface area contributed by atoms with Gasteiger partial charge in [-0.1, -0.05) is 46.5 Å². The second kappa shape index (κ2) is 5.53. The molecule has 0 amide bonds. The molecular formula is C13H24O2. The maximum Gasteiger partial charge on any atom is 0.306 e. The Morgan fingerprint density at radius 1 is 1.40 bits per heavy atom. The smallest absolute Gasteiger partial charge is 0.306 e. The van der Waals surface area contributed by atoms with Gasteiger partial charge in [0.1, 0.15) is 0 Å². The van der Waals surface area contributed by atoms with Crippen LogP contribution in [0.4, 0.5) is 0 Å². The zero-order valence-corrected chi connectivity index (χ0v) is 10.2. The lowest BCUT2D eigenvalue weighted by Gasteiger charge is -2.34. The Bertz CT molecular complexity index is 213. The average Bonchev–Trinajstić information content (AvgIpc) is 2.27. The summed E-state index contributed by atoms with van der Waals surface area (Å²) < 4.78 is 0. The first-order valence-corrected chi connectivity index (χ1v) is 6.29. The lowest BCUT2D eigenvalue weighted by atomic mass is 9.71. The fourth-order valence-electron chi connectivity index (χ4n) is 2.81. The number of aliphatic carboxylic acids is 1. The van der Waals surface area contributed by atoms with Gasteiger partial charge < -0.3 is 5.11 Å². The van der Waals surface area contributed by atoms with Gasteiger partial charge in [0.05, 0.1) is 5.92 Å². The van der Waals surface area contributed by atoms with Gasteiger partial charge in [-0.05, 0) is 24.2 Å². The minimum Gasteiger partial charge on any atom is -0.481 e. The van der Waals surface area contributed by atoms with Gasteiger partial charge in [-0.15, -0.1) is 0 Å². The van der Waals surface area contributed by atoms with E-state index in [-0.39, 0.29) is 5.92 Å². The van der Waals surface area contributed by atoms with Crippen molar-refractivity contribution in [3.05, 3.63) is 0 Å². The van der Waals surface area contributed by atoms with E-state index in [4.69, 9.17) is 5.11 Å². The highest BCUT2D eigenvalue weighted by molar-refractivity contribution is 5.69. The molecule has 0 heterocycles. The Labute approximate surface area is 93.1 Å². The molecule has 1 saturated carbocycles. The van der Waals surface area contributed by atoms with Crippen molar-refractivity contribution in [2.45, 2.75) is 52.9 Å². The molecule has 0 spiro atoms. The number of rotatable bonds is 4. The van der Waals surface area contributed by atoms with Crippen LogP contribution in [0.15, 0.2) is 0 Å². The molecule has 15 heavy (non-hydrogen) atoms. The third kappa shape index (κ3) is 3.22. The summed E-state index contributed by atoms with van der Waals surface area (Å²) in [5, 5.41) is 9.01. The Kier molecular flexibility index (Phi) is 4.62. The van der Waals surface area contributed by atoms with Crippen LogP contribution in [0.5, 0.6) is 0 Å². The van der Waals surface area contributed by atoms with Crippen molar-refractivity contribution >= 4 is 5.97 Å². The van der Waals surface area contributed by atoms with Crippen LogP contribution in [0.2, 0.25) is 0 Å². The van der Waals surface area contributed by atoms with E-state index in [2.05, 4.69) is 13.8 Å². The number of carboxylic acid groups (broad SMARTS) is 1. The summed E-state index contributed by atoms with van der Waals surface area (Å²) >= 11 is 0. The van der Waals surface area contributed by atoms with Crippen LogP contribution >= 0.6 is 0 Å². The summed E-state index contributed by atoms with van der Waals surface area (Å²) in [5.41, 5.74) is 0. The van der Waals surface area contributed by atoms with Gasteiger partial charge in [0, 0.05) is 0 Å². The molecule has 0 aliphatic heterocycles. The van der Waals surface area contributed by atoms with E-state index in [1.807, 2.05) is 6.92 Å². The van der Waals surface area contributed by atoms with Crippen molar-refractivity contribution in [2.75, 3.05) is 0 Å². The Morgan fingerprint density at radius 3 is 2.60 bits per heavy atom. The van der Waals surface area contributed by atoms with Crippen LogP contribution in [0, 0.1) is 23.7 Å². The van der Waals surface area contributed by atoms with Crippen molar-refractivity contribution in [1.29, 1.82) is 0 Å². The Morgan fingerprint density at radius 2 is 2.07 bits per heavy atom. The Hall–Kier alpha value is -0.530. The molecule has 1 N–H and O–H groups in total. The van der Waals surface area contributed by atoms with Crippen molar-refractivity contribution in [2.24, 2.45) is 23.7 Å². The fourth-order valence-corrected chi connectivity index (χ4v) is 2.81. The molecule has 0 radical (unpaired) electrons. The number of carboxylic acids is 1. The molecule has 2 nitrogen and oxygen atoms in total. The van der Waals surface area contributed by atoms with Crippen LogP contribution in [0.1, 0.15) is 52.9 Å². The fraction of sp³-hybridized carbons (Fsp3) is 0.923. The number of hydrogen-bond donors (Lipinski definition) is 1. The monoisotopic (exact) mass is 212 g/mol. The van der Waals surface area contributed by atoms with Crippen LogP contribution in [0.3, 0.4) is 0 Å². The largest absolute Gasteiger partial charge is 0.481 e. The first-order chi connectivity index (χ1) is 7.06. The molecule has 0 bridgehead atoms. The maximum absolute atomic E-state index is 10.9. The van der Waals surface area contributed by atoms with E-state index in [9.17, 15) is 4.79 Å². The van der Waals surface area contributed by atoms with Crippen molar-refractivity contribution in [3.8, 4) is 0 Å². The summed E-state index contributed by atoms with van der Waals surface area (Å²) in [4.78, 5) is 10.9. The lowest BCUT2D eigenvalue weighted by molar-refractivity contribution is -0.143. The molecule has 0 aromatic heterocycles. The predicted octanol–water partition coefficient (Wildman–Crippen LogP) is 3.56. The predicted molar refractivity (Wildman–Crippen MR) is 61.7 cm³/mol. The lowest BCUT2D eigenvalue weighted by Crippen LogP contribution is -2.28. The summed E-state index contributed by atoms with van der Waals surface area (Å²) in [6, 6.07) is 0. The van der Waals surface area contributed by atoms with Crippen LogP contribution in [-0.4, -0.2) is 11.1 Å². The first kappa shape index (κ1) is 12.5. The van der Waals surface area contributed by atoms with Gasteiger partial charge in [-0.25, -0.2) is 0 Å². The van der Waals surface area contributed by atoms with E-state index in [1.54, 1.807) is 0 Å². The van der Waals surface area contributed by atoms with Gasteiger partial charge in [-0.2, -0.15) is 0 Å². The summed E-state index contributed by atoms with van der Waals surface area (Å²) in [5.74, 6) is 0.977. The molecule has 0 aromatic rings. The second-order valence-corrected chi connectivity index (χ2v) is 5.19. The zero-order chi connectivity index (χ0) is 11.4. The zero-order valence-electron chi connectivity index (χ0n) is 10.2. The van der Waals surface area contributed by atoms with Gasteiger partial charge in [0.2, 0.25) is 0 Å². The minimum absolute atomic E-state index is 0.189. The van der Waals surface area contributed by atoms with Crippen LogP contribution < -0.4 is 0 Å². The van der Waals surface area contributed by atoms with E-state index in [0.29, 0.717) is 11.8 Å². The van der Waals surface area contributed by atoms with Crippen molar-refractivity contribution in [3.63, 3.8) is 0 Å². The van der Waals surface area contributed by atoms with E-state index in [1.165, 1.54) is 32.1 Å². The molecule has 4 unspecified atom stereocenters. The summed E-state index contributed by atoms with van der Waals surface area (Å²) in [6.45, 7) is 6.21. The molecule has 1 fully saturated rings. The highest BCUT2D eigenvalue weighted by atomic mass is 16.4. The van der Waals surface area contributed by atoms with E-state index in [0.717, 1.165) is 5.92 Å². The van der Waals surface area contributed by atoms with Crippen molar-refractivity contribution in [1.82, 2.24) is 0 Å². The highest BCUT2D eigenvalue weighted by Crippen LogP contribution is 2.37. The number of hydrogen-bond acceptors (Lipinski definition) is 1. The third-order valence-corrected chi connectivity index (χ3v) is 4.32. The normalized spacial score (nSPS) is 30.9. The van der Waals surface area contributed by atoms with Crippen molar-refractivity contribution < 1.29 is 9.90 Å². The minimum atomic E-state index is -0.638. The molecule has 88 valence electrons. The Balaban J connectivity index is 2.51. The maximum atomic E-state index is 10.9. The molecule has 2 heteroatoms. The standard InChI is InChI=1S/C13H24O2/c1-4-11-6-5-7-12(8-11)9(2)10(3)13(14)15/h9-12H,4-8H2,1-3H3,(H,14,15). The molecule has 0 saturated heterocycles. The molecule has 1 aliphatic carbocycles. The van der Waals surface area contributed by atoms with Crippen LogP contribution in [0.25, 0.3) is 0 Å². The first-order valence-electron chi connectivity index (χ1n) is 6.29. The summed E-state index contributed by atoms with van der Waals surface area (Å²) in [7, 11) is 0. The van der Waals surface area contributed by atoms with E-state index >= 15 is 0 Å². The van der Waals surface area contributed by atoms with Gasteiger partial charge in [0.25, 0.3) is 0 Å².